The summed E-state index contributed by atoms with van der Waals surface area (Å²) in [6, 6.07) is 16.8. The Balaban J connectivity index is 0.000000709. The maximum atomic E-state index is 9.63. The zero-order chi connectivity index (χ0) is 25.9. The van der Waals surface area contributed by atoms with Gasteiger partial charge in [-0.3, -0.25) is 0 Å². The molecule has 0 spiro atoms. The Hall–Kier alpha value is -1.97. The number of para-hydroxylation sites is 1. The molecule has 0 aliphatic heterocycles. The summed E-state index contributed by atoms with van der Waals surface area (Å²) in [4.78, 5) is 0. The summed E-state index contributed by atoms with van der Waals surface area (Å²) in [5.41, 5.74) is 7.43. The molecule has 1 fully saturated rings. The average Bonchev–Trinajstić information content (AvgIpc) is 2.82. The van der Waals surface area contributed by atoms with Crippen molar-refractivity contribution < 1.29 is 9.20 Å². The number of fused-ring (bicyclic) bond motifs is 3. The van der Waals surface area contributed by atoms with Gasteiger partial charge in [-0.2, -0.15) is 0 Å². The number of hydrogen-bond acceptors (Lipinski definition) is 2. The first-order chi connectivity index (χ1) is 17.1. The summed E-state index contributed by atoms with van der Waals surface area (Å²) in [6.07, 6.45) is 10.4. The van der Waals surface area contributed by atoms with Crippen molar-refractivity contribution in [3.63, 3.8) is 0 Å². The maximum absolute atomic E-state index is 9.63. The summed E-state index contributed by atoms with van der Waals surface area (Å²) in [6.45, 7) is 10.1. The van der Waals surface area contributed by atoms with Crippen molar-refractivity contribution in [2.24, 2.45) is 11.8 Å². The molecular formula is C32H41ClO2Si. The molecule has 0 aromatic heterocycles. The first-order valence-electron chi connectivity index (χ1n) is 13.6. The van der Waals surface area contributed by atoms with Crippen LogP contribution in [-0.4, -0.2) is 8.68 Å². The van der Waals surface area contributed by atoms with Crippen molar-refractivity contribution in [3.05, 3.63) is 81.4 Å². The van der Waals surface area contributed by atoms with Crippen LogP contribution in [0, 0.1) is 11.8 Å². The minimum Gasteiger partial charge on any atom is -0.457 e. The van der Waals surface area contributed by atoms with Crippen LogP contribution >= 0.6 is 11.6 Å². The summed E-state index contributed by atoms with van der Waals surface area (Å²) in [5, 5.41) is 0.839. The standard InChI is InChI=1S/C30H35ClO.C2H6OSi/c1-30(2,3)26-19-22(16-17-27(26)31)29(32-23-12-5-4-6-13-23)28-21-11-9-15-25(28)24-14-8-7-10-20(24)18-21;1-4(2)3/h4-6,12-13,16-17,19,21,25H,7-11,14-15,18H2,1-3H3;1-2H3/b29-28+;. The summed E-state index contributed by atoms with van der Waals surface area (Å²) >= 11 is 6.65. The molecule has 1 saturated carbocycles. The molecule has 2 nitrogen and oxygen atoms in total. The molecular weight excluding hydrogens is 480 g/mol. The number of rotatable bonds is 3. The number of halogens is 1. The molecule has 0 amide bonds. The van der Waals surface area contributed by atoms with E-state index in [1.54, 1.807) is 29.8 Å². The highest BCUT2D eigenvalue weighted by molar-refractivity contribution is 6.38. The van der Waals surface area contributed by atoms with Crippen molar-refractivity contribution in [3.8, 4) is 5.75 Å². The van der Waals surface area contributed by atoms with Crippen LogP contribution < -0.4 is 4.74 Å². The number of benzene rings is 2. The van der Waals surface area contributed by atoms with Crippen molar-refractivity contribution in [1.82, 2.24) is 0 Å². The molecule has 2 atom stereocenters. The molecule has 0 N–H and O–H groups in total. The van der Waals surface area contributed by atoms with Gasteiger partial charge in [-0.15, -0.1) is 0 Å². The zero-order valence-electron chi connectivity index (χ0n) is 22.6. The van der Waals surface area contributed by atoms with Gasteiger partial charge in [0.15, 0.2) is 0 Å². The van der Waals surface area contributed by atoms with Gasteiger partial charge < -0.3 is 9.20 Å². The number of allylic oxidation sites excluding steroid dienone is 3. The van der Waals surface area contributed by atoms with Gasteiger partial charge in [-0.1, -0.05) is 68.1 Å². The molecule has 36 heavy (non-hydrogen) atoms. The van der Waals surface area contributed by atoms with Crippen LogP contribution in [0.5, 0.6) is 5.75 Å². The fourth-order valence-corrected chi connectivity index (χ4v) is 6.56. The van der Waals surface area contributed by atoms with Crippen LogP contribution in [0.1, 0.15) is 83.3 Å². The molecule has 2 unspecified atom stereocenters. The minimum absolute atomic E-state index is 0.0167. The van der Waals surface area contributed by atoms with Crippen molar-refractivity contribution in [2.45, 2.75) is 90.6 Å². The predicted molar refractivity (Wildman–Crippen MR) is 153 cm³/mol. The Bertz CT molecular complexity index is 1150. The van der Waals surface area contributed by atoms with E-state index >= 15 is 0 Å². The molecule has 0 saturated heterocycles. The molecule has 4 heteroatoms. The fourth-order valence-electron chi connectivity index (χ4n) is 6.16. The van der Waals surface area contributed by atoms with E-state index in [9.17, 15) is 4.46 Å². The fraction of sp³-hybridized carbons (Fsp3) is 0.500. The average molecular weight is 521 g/mol. The van der Waals surface area contributed by atoms with Gasteiger partial charge >= 0.3 is 0 Å². The molecule has 2 aromatic carbocycles. The second-order valence-corrected chi connectivity index (χ2v) is 14.0. The van der Waals surface area contributed by atoms with Crippen LogP contribution in [-0.2, 0) is 9.88 Å². The van der Waals surface area contributed by atoms with E-state index in [-0.39, 0.29) is 5.41 Å². The van der Waals surface area contributed by atoms with E-state index in [0.717, 1.165) is 16.5 Å². The largest absolute Gasteiger partial charge is 0.457 e. The van der Waals surface area contributed by atoms with E-state index in [4.69, 9.17) is 16.3 Å². The van der Waals surface area contributed by atoms with Crippen LogP contribution in [0.25, 0.3) is 5.76 Å². The Morgan fingerprint density at radius 2 is 1.67 bits per heavy atom. The third kappa shape index (κ3) is 6.29. The van der Waals surface area contributed by atoms with Crippen molar-refractivity contribution in [1.29, 1.82) is 0 Å². The monoisotopic (exact) mass is 520 g/mol. The molecule has 0 radical (unpaired) electrons. The smallest absolute Gasteiger partial charge is 0.270 e. The van der Waals surface area contributed by atoms with E-state index in [2.05, 4.69) is 63.2 Å². The number of ether oxygens (including phenoxy) is 1. The van der Waals surface area contributed by atoms with Crippen molar-refractivity contribution >= 4 is 26.0 Å². The second kappa shape index (κ2) is 11.6. The lowest BCUT2D eigenvalue weighted by molar-refractivity contribution is 0.335. The third-order valence-electron chi connectivity index (χ3n) is 7.66. The molecule has 2 aromatic rings. The first-order valence-corrected chi connectivity index (χ1v) is 16.4. The molecule has 5 rings (SSSR count). The van der Waals surface area contributed by atoms with Gasteiger partial charge in [0.1, 0.15) is 11.5 Å². The predicted octanol–water partition coefficient (Wildman–Crippen LogP) is 9.79. The lowest BCUT2D eigenvalue weighted by atomic mass is 9.62. The quantitative estimate of drug-likeness (QED) is 0.228. The SMILES string of the molecule is CC(C)(C)c1cc(/C(Oc2ccccc2)=C2/C3CCCC2C2=C(CCCC2)C3)ccc1Cl.C[Si](C)=O. The van der Waals surface area contributed by atoms with E-state index in [1.807, 2.05) is 6.07 Å². The normalized spacial score (nSPS) is 22.7. The van der Waals surface area contributed by atoms with Gasteiger partial charge in [0, 0.05) is 16.5 Å². The molecule has 3 aliphatic rings. The molecule has 0 heterocycles. The van der Waals surface area contributed by atoms with Gasteiger partial charge in [0.25, 0.3) is 8.68 Å². The Labute approximate surface area is 224 Å². The zero-order valence-corrected chi connectivity index (χ0v) is 24.4. The Morgan fingerprint density at radius 1 is 0.972 bits per heavy atom. The van der Waals surface area contributed by atoms with Gasteiger partial charge in [0.2, 0.25) is 0 Å². The molecule has 192 valence electrons. The Kier molecular flexibility index (Phi) is 8.73. The van der Waals surface area contributed by atoms with Gasteiger partial charge in [-0.25, -0.2) is 0 Å². The second-order valence-electron chi connectivity index (χ2n) is 11.8. The van der Waals surface area contributed by atoms with E-state index in [1.165, 1.54) is 62.5 Å². The molecule has 3 aliphatic carbocycles. The van der Waals surface area contributed by atoms with Crippen molar-refractivity contribution in [2.75, 3.05) is 0 Å². The van der Waals surface area contributed by atoms with E-state index in [0.29, 0.717) is 11.8 Å². The third-order valence-corrected chi connectivity index (χ3v) is 7.99. The maximum Gasteiger partial charge on any atom is 0.270 e. The summed E-state index contributed by atoms with van der Waals surface area (Å²) < 4.78 is 16.4. The minimum atomic E-state index is -1.13. The summed E-state index contributed by atoms with van der Waals surface area (Å²) in [7, 11) is -1.13. The first kappa shape index (κ1) is 27.1. The topological polar surface area (TPSA) is 26.3 Å². The Morgan fingerprint density at radius 3 is 2.36 bits per heavy atom. The van der Waals surface area contributed by atoms with Gasteiger partial charge in [0.05, 0.1) is 0 Å². The van der Waals surface area contributed by atoms with Crippen LogP contribution in [0.3, 0.4) is 0 Å². The van der Waals surface area contributed by atoms with Gasteiger partial charge in [-0.05, 0) is 111 Å². The number of hydrogen-bond donors (Lipinski definition) is 0. The van der Waals surface area contributed by atoms with Crippen LogP contribution in [0.15, 0.2) is 65.3 Å². The lowest BCUT2D eigenvalue weighted by Crippen LogP contribution is -2.30. The lowest BCUT2D eigenvalue weighted by Gasteiger charge is -2.43. The summed E-state index contributed by atoms with van der Waals surface area (Å²) in [5.74, 6) is 3.18. The highest BCUT2D eigenvalue weighted by Gasteiger charge is 2.39. The van der Waals surface area contributed by atoms with Crippen LogP contribution in [0.2, 0.25) is 18.1 Å². The molecule has 2 bridgehead atoms. The highest BCUT2D eigenvalue weighted by atomic mass is 35.5. The van der Waals surface area contributed by atoms with E-state index < -0.39 is 8.68 Å². The van der Waals surface area contributed by atoms with Crippen LogP contribution in [0.4, 0.5) is 0 Å². The highest BCUT2D eigenvalue weighted by Crippen LogP contribution is 2.53.